The summed E-state index contributed by atoms with van der Waals surface area (Å²) < 4.78 is 5.87. The lowest BCUT2D eigenvalue weighted by atomic mass is 10.00. The number of aryl methyl sites for hydroxylation is 1. The van der Waals surface area contributed by atoms with Crippen molar-refractivity contribution in [3.63, 3.8) is 0 Å². The van der Waals surface area contributed by atoms with Crippen LogP contribution in [0.4, 0.5) is 17.1 Å². The van der Waals surface area contributed by atoms with Gasteiger partial charge in [0, 0.05) is 18.7 Å². The van der Waals surface area contributed by atoms with Crippen molar-refractivity contribution < 1.29 is 9.53 Å². The van der Waals surface area contributed by atoms with E-state index in [0.29, 0.717) is 24.3 Å². The van der Waals surface area contributed by atoms with Crippen LogP contribution in [0.15, 0.2) is 12.1 Å². The van der Waals surface area contributed by atoms with Crippen LogP contribution < -0.4 is 16.4 Å². The van der Waals surface area contributed by atoms with Crippen molar-refractivity contribution in [2.75, 3.05) is 23.0 Å². The first kappa shape index (κ1) is 13.0. The summed E-state index contributed by atoms with van der Waals surface area (Å²) in [4.78, 5) is 11.4. The van der Waals surface area contributed by atoms with Gasteiger partial charge in [-0.2, -0.15) is 0 Å². The van der Waals surface area contributed by atoms with Gasteiger partial charge in [-0.25, -0.2) is 0 Å². The maximum Gasteiger partial charge on any atom is 0.224 e. The maximum absolute atomic E-state index is 11.4. The highest BCUT2D eigenvalue weighted by molar-refractivity contribution is 5.95. The van der Waals surface area contributed by atoms with Gasteiger partial charge in [0.2, 0.25) is 5.91 Å². The molecule has 1 aromatic rings. The average molecular weight is 287 g/mol. The molecule has 0 spiro atoms. The minimum absolute atomic E-state index is 0.0700. The second-order valence-electron chi connectivity index (χ2n) is 6.36. The van der Waals surface area contributed by atoms with E-state index >= 15 is 0 Å². The van der Waals surface area contributed by atoms with E-state index in [-0.39, 0.29) is 5.91 Å². The Morgan fingerprint density at radius 2 is 2.10 bits per heavy atom. The van der Waals surface area contributed by atoms with Crippen LogP contribution in [-0.4, -0.2) is 24.7 Å². The highest BCUT2D eigenvalue weighted by Crippen LogP contribution is 2.40. The molecule has 4 N–H and O–H groups in total. The van der Waals surface area contributed by atoms with Crippen molar-refractivity contribution in [2.45, 2.75) is 44.2 Å². The molecule has 2 unspecified atom stereocenters. The molecule has 5 nitrogen and oxygen atoms in total. The fourth-order valence-electron chi connectivity index (χ4n) is 3.43. The minimum Gasteiger partial charge on any atom is -0.397 e. The molecular formula is C16H21N3O2. The zero-order chi connectivity index (χ0) is 14.4. The highest BCUT2D eigenvalue weighted by atomic mass is 16.5. The molecule has 5 heteroatoms. The Kier molecular flexibility index (Phi) is 3.03. The normalized spacial score (nSPS) is 28.1. The number of hydrogen-bond acceptors (Lipinski definition) is 4. The fourth-order valence-corrected chi connectivity index (χ4v) is 3.43. The molecule has 3 aliphatic rings. The Bertz CT molecular complexity index is 583. The van der Waals surface area contributed by atoms with Crippen molar-refractivity contribution >= 4 is 23.0 Å². The van der Waals surface area contributed by atoms with Gasteiger partial charge in [-0.15, -0.1) is 0 Å². The van der Waals surface area contributed by atoms with Crippen molar-refractivity contribution in [3.05, 3.63) is 17.7 Å². The Labute approximate surface area is 124 Å². The summed E-state index contributed by atoms with van der Waals surface area (Å²) in [5, 5.41) is 6.47. The second kappa shape index (κ2) is 4.91. The van der Waals surface area contributed by atoms with E-state index in [9.17, 15) is 4.79 Å². The molecule has 2 heterocycles. The van der Waals surface area contributed by atoms with E-state index in [0.717, 1.165) is 42.3 Å². The number of nitrogens with one attached hydrogen (secondary N) is 2. The molecule has 0 aromatic heterocycles. The van der Waals surface area contributed by atoms with Crippen molar-refractivity contribution in [3.8, 4) is 0 Å². The zero-order valence-electron chi connectivity index (χ0n) is 12.0. The van der Waals surface area contributed by atoms with Gasteiger partial charge in [-0.3, -0.25) is 4.79 Å². The molecule has 1 saturated heterocycles. The van der Waals surface area contributed by atoms with E-state index in [2.05, 4.69) is 16.7 Å². The summed E-state index contributed by atoms with van der Waals surface area (Å²) in [6.45, 7) is 0.833. The van der Waals surface area contributed by atoms with Crippen LogP contribution in [0.3, 0.4) is 0 Å². The third-order valence-electron chi connectivity index (χ3n) is 4.73. The van der Waals surface area contributed by atoms with Gasteiger partial charge in [-0.05, 0) is 49.3 Å². The number of fused-ring (bicyclic) bond motifs is 1. The minimum atomic E-state index is 0.0700. The third kappa shape index (κ3) is 2.46. The molecule has 0 bridgehead atoms. The number of hydrogen-bond donors (Lipinski definition) is 3. The van der Waals surface area contributed by atoms with Crippen molar-refractivity contribution in [1.29, 1.82) is 0 Å². The zero-order valence-corrected chi connectivity index (χ0v) is 12.0. The summed E-state index contributed by atoms with van der Waals surface area (Å²) in [7, 11) is 0. The van der Waals surface area contributed by atoms with Gasteiger partial charge in [0.15, 0.2) is 0 Å². The van der Waals surface area contributed by atoms with Gasteiger partial charge in [0.1, 0.15) is 0 Å². The van der Waals surface area contributed by atoms with Crippen molar-refractivity contribution in [1.82, 2.24) is 0 Å². The lowest BCUT2D eigenvalue weighted by Gasteiger charge is -2.24. The lowest BCUT2D eigenvalue weighted by molar-refractivity contribution is -0.116. The molecule has 2 atom stereocenters. The van der Waals surface area contributed by atoms with Crippen molar-refractivity contribution in [2.24, 2.45) is 5.92 Å². The molecule has 1 aromatic carbocycles. The highest BCUT2D eigenvalue weighted by Gasteiger charge is 2.40. The van der Waals surface area contributed by atoms with Gasteiger partial charge >= 0.3 is 0 Å². The summed E-state index contributed by atoms with van der Waals surface area (Å²) >= 11 is 0. The Morgan fingerprint density at radius 3 is 2.90 bits per heavy atom. The van der Waals surface area contributed by atoms with Crippen LogP contribution in [0.25, 0.3) is 0 Å². The summed E-state index contributed by atoms with van der Waals surface area (Å²) in [6.07, 6.45) is 5.27. The quantitative estimate of drug-likeness (QED) is 0.744. The molecule has 0 radical (unpaired) electrons. The van der Waals surface area contributed by atoms with Crippen LogP contribution in [-0.2, 0) is 16.0 Å². The first-order valence-corrected chi connectivity index (χ1v) is 7.81. The summed E-state index contributed by atoms with van der Waals surface area (Å²) in [5.74, 6) is 0.795. The molecule has 1 amide bonds. The van der Waals surface area contributed by atoms with E-state index in [4.69, 9.17) is 10.5 Å². The molecule has 4 rings (SSSR count). The van der Waals surface area contributed by atoms with Crippen LogP contribution in [0.5, 0.6) is 0 Å². The van der Waals surface area contributed by atoms with Gasteiger partial charge < -0.3 is 21.1 Å². The lowest BCUT2D eigenvalue weighted by Crippen LogP contribution is -2.31. The van der Waals surface area contributed by atoms with Crippen LogP contribution in [0.2, 0.25) is 0 Å². The Hall–Kier alpha value is -1.75. The van der Waals surface area contributed by atoms with Gasteiger partial charge in [0.05, 0.1) is 23.5 Å². The van der Waals surface area contributed by atoms with Crippen LogP contribution in [0, 0.1) is 5.92 Å². The number of anilines is 3. The van der Waals surface area contributed by atoms with Crippen LogP contribution in [0.1, 0.15) is 31.2 Å². The monoisotopic (exact) mass is 287 g/mol. The largest absolute Gasteiger partial charge is 0.397 e. The number of ether oxygens (including phenoxy) is 1. The second-order valence-corrected chi connectivity index (χ2v) is 6.36. The molecule has 1 aliphatic carbocycles. The van der Waals surface area contributed by atoms with E-state index in [1.54, 1.807) is 0 Å². The predicted molar refractivity (Wildman–Crippen MR) is 82.3 cm³/mol. The third-order valence-corrected chi connectivity index (χ3v) is 4.73. The van der Waals surface area contributed by atoms with E-state index < -0.39 is 0 Å². The van der Waals surface area contributed by atoms with E-state index in [1.807, 2.05) is 6.07 Å². The number of rotatable bonds is 3. The maximum atomic E-state index is 11.4. The molecule has 2 aliphatic heterocycles. The summed E-state index contributed by atoms with van der Waals surface area (Å²) in [5.41, 5.74) is 9.84. The smallest absolute Gasteiger partial charge is 0.224 e. The number of carbonyl (C=O) groups excluding carboxylic acids is 1. The standard InChI is InChI=1S/C16H21N3O2/c17-11-8-13-10(3-4-15(20)19-13)7-14(11)18-12-5-6-21-16(12)9-1-2-9/h7-9,12,16,18H,1-6,17H2,(H,19,20). The Morgan fingerprint density at radius 1 is 1.24 bits per heavy atom. The predicted octanol–water partition coefficient (Wildman–Crippen LogP) is 2.13. The number of benzene rings is 1. The number of amides is 1. The molecule has 21 heavy (non-hydrogen) atoms. The molecule has 112 valence electrons. The summed E-state index contributed by atoms with van der Waals surface area (Å²) in [6, 6.07) is 4.32. The average Bonchev–Trinajstić information content (AvgIpc) is 3.20. The van der Waals surface area contributed by atoms with Gasteiger partial charge in [0.25, 0.3) is 0 Å². The fraction of sp³-hybridized carbons (Fsp3) is 0.562. The molecule has 1 saturated carbocycles. The number of carbonyl (C=O) groups is 1. The number of nitrogens with two attached hydrogens (primary N) is 1. The molecule has 2 fully saturated rings. The van der Waals surface area contributed by atoms with Crippen LogP contribution >= 0.6 is 0 Å². The van der Waals surface area contributed by atoms with E-state index in [1.165, 1.54) is 12.8 Å². The number of nitrogen functional groups attached to an aromatic ring is 1. The first-order valence-electron chi connectivity index (χ1n) is 7.81. The first-order chi connectivity index (χ1) is 10.2. The molecular weight excluding hydrogens is 266 g/mol. The topological polar surface area (TPSA) is 76.4 Å². The van der Waals surface area contributed by atoms with Gasteiger partial charge in [-0.1, -0.05) is 0 Å². The Balaban J connectivity index is 1.56. The SMILES string of the molecule is Nc1cc2c(cc1NC1CCOC1C1CC1)CCC(=O)N2.